The van der Waals surface area contributed by atoms with Gasteiger partial charge in [0.25, 0.3) is 23.6 Å². The molecule has 4 atom stereocenters. The first-order valence-electron chi connectivity index (χ1n) is 19.5. The zero-order valence-electron chi connectivity index (χ0n) is 35.9. The van der Waals surface area contributed by atoms with Crippen LogP contribution in [0.4, 0.5) is 0 Å². The quantitative estimate of drug-likeness (QED) is 0.0599. The summed E-state index contributed by atoms with van der Waals surface area (Å²) in [6.45, 7) is 4.43. The molecule has 3 aromatic carbocycles. The molecular formula is C42H42N4O22. The molecule has 4 unspecified atom stereocenters. The van der Waals surface area contributed by atoms with Crippen LogP contribution in [-0.2, 0) is 9.47 Å². The van der Waals surface area contributed by atoms with E-state index in [0.29, 0.717) is 30.3 Å². The third kappa shape index (κ3) is 13.6. The first kappa shape index (κ1) is 53.6. The Morgan fingerprint density at radius 1 is 0.353 bits per heavy atom. The van der Waals surface area contributed by atoms with Crippen molar-refractivity contribution in [2.75, 3.05) is 26.3 Å². The molecule has 26 nitrogen and oxygen atoms in total. The predicted molar refractivity (Wildman–Crippen MR) is 224 cm³/mol. The number of carbonyl (C=O) groups excluding carboxylic acids is 4. The highest BCUT2D eigenvalue weighted by molar-refractivity contribution is 6.13. The van der Waals surface area contributed by atoms with E-state index in [1.54, 1.807) is 0 Å². The van der Waals surface area contributed by atoms with Crippen molar-refractivity contribution < 1.29 is 108 Å². The van der Waals surface area contributed by atoms with Gasteiger partial charge in [0.05, 0.1) is 92.2 Å². The van der Waals surface area contributed by atoms with E-state index in [0.717, 1.165) is 6.07 Å². The number of hydrogen-bond acceptors (Lipinski definition) is 14. The van der Waals surface area contributed by atoms with E-state index in [-0.39, 0.29) is 26.3 Å². The maximum Gasteiger partial charge on any atom is 0.336 e. The van der Waals surface area contributed by atoms with Crippen LogP contribution in [-0.4, -0.2) is 163 Å². The summed E-state index contributed by atoms with van der Waals surface area (Å²) in [5.41, 5.74) is -9.23. The fourth-order valence-corrected chi connectivity index (χ4v) is 6.05. The van der Waals surface area contributed by atoms with E-state index in [9.17, 15) is 98.4 Å². The molecule has 3 aromatic rings. The van der Waals surface area contributed by atoms with E-state index >= 15 is 0 Å². The Kier molecular flexibility index (Phi) is 18.0. The van der Waals surface area contributed by atoms with Gasteiger partial charge in [-0.3, -0.25) is 19.2 Å². The minimum absolute atomic E-state index is 0.301. The number of ether oxygens (including phenoxy) is 2. The Morgan fingerprint density at radius 3 is 0.779 bits per heavy atom. The van der Waals surface area contributed by atoms with E-state index in [2.05, 4.69) is 21.3 Å². The minimum Gasteiger partial charge on any atom is -0.478 e. The van der Waals surface area contributed by atoms with Gasteiger partial charge in [-0.2, -0.15) is 0 Å². The van der Waals surface area contributed by atoms with Gasteiger partial charge in [0.1, 0.15) is 0 Å². The number of aromatic carboxylic acids is 8. The molecule has 0 spiro atoms. The average molecular weight is 955 g/mol. The topological polar surface area (TPSA) is 433 Å². The molecule has 26 heteroatoms. The Morgan fingerprint density at radius 2 is 0.544 bits per heavy atom. The van der Waals surface area contributed by atoms with Gasteiger partial charge in [0, 0.05) is 25.2 Å². The Bertz CT molecular complexity index is 2620. The van der Waals surface area contributed by atoms with Crippen LogP contribution in [0.15, 0.2) is 36.4 Å². The van der Waals surface area contributed by atoms with Gasteiger partial charge in [-0.05, 0) is 64.1 Å². The van der Waals surface area contributed by atoms with Crippen LogP contribution < -0.4 is 21.3 Å². The van der Waals surface area contributed by atoms with Gasteiger partial charge >= 0.3 is 47.8 Å². The first-order valence-corrected chi connectivity index (χ1v) is 19.5. The molecule has 0 bridgehead atoms. The van der Waals surface area contributed by atoms with Gasteiger partial charge in [0.15, 0.2) is 0 Å². The average Bonchev–Trinajstić information content (AvgIpc) is 3.26. The molecule has 0 aliphatic carbocycles. The van der Waals surface area contributed by atoms with Gasteiger partial charge in [0.2, 0.25) is 0 Å². The van der Waals surface area contributed by atoms with Gasteiger partial charge in [-0.1, -0.05) is 0 Å². The molecule has 0 saturated heterocycles. The summed E-state index contributed by atoms with van der Waals surface area (Å²) in [5.74, 6) is -18.3. The number of amides is 4. The van der Waals surface area contributed by atoms with E-state index in [1.165, 1.54) is 27.7 Å². The number of carbonyl (C=O) groups is 12. The molecule has 3 rings (SSSR count). The first-order chi connectivity index (χ1) is 31.7. The maximum absolute atomic E-state index is 13.4. The summed E-state index contributed by atoms with van der Waals surface area (Å²) >= 11 is 0. The van der Waals surface area contributed by atoms with Crippen molar-refractivity contribution in [3.63, 3.8) is 0 Å². The lowest BCUT2D eigenvalue weighted by Gasteiger charge is -2.20. The molecular weight excluding hydrogens is 912 g/mol. The Hall–Kier alpha value is -8.78. The van der Waals surface area contributed by atoms with Gasteiger partial charge < -0.3 is 71.6 Å². The maximum atomic E-state index is 13.4. The third-order valence-electron chi connectivity index (χ3n) is 9.41. The molecule has 0 saturated carbocycles. The third-order valence-corrected chi connectivity index (χ3v) is 9.41. The predicted octanol–water partition coefficient (Wildman–Crippen LogP) is 1.18. The molecule has 0 aromatic heterocycles. The largest absolute Gasteiger partial charge is 0.478 e. The van der Waals surface area contributed by atoms with Crippen molar-refractivity contribution in [3.8, 4) is 0 Å². The lowest BCUT2D eigenvalue weighted by atomic mass is 9.96. The molecule has 0 heterocycles. The number of rotatable bonds is 24. The van der Waals surface area contributed by atoms with Crippen LogP contribution in [0, 0.1) is 0 Å². The fraction of sp³-hybridized carbons (Fsp3) is 0.286. The van der Waals surface area contributed by atoms with E-state index in [4.69, 9.17) is 9.47 Å². The molecule has 0 radical (unpaired) electrons. The Labute approximate surface area is 381 Å². The summed E-state index contributed by atoms with van der Waals surface area (Å²) in [7, 11) is 0. The number of nitrogens with one attached hydrogen (secondary N) is 4. The lowest BCUT2D eigenvalue weighted by molar-refractivity contribution is 0.0485. The van der Waals surface area contributed by atoms with Crippen molar-refractivity contribution in [2.45, 2.75) is 52.0 Å². The zero-order valence-corrected chi connectivity index (χ0v) is 35.9. The van der Waals surface area contributed by atoms with Gasteiger partial charge in [-0.15, -0.1) is 0 Å². The zero-order chi connectivity index (χ0) is 51.5. The van der Waals surface area contributed by atoms with Crippen molar-refractivity contribution in [3.05, 3.63) is 103 Å². The minimum atomic E-state index is -1.75. The highest BCUT2D eigenvalue weighted by Gasteiger charge is 2.30. The highest BCUT2D eigenvalue weighted by Crippen LogP contribution is 2.22. The second-order valence-corrected chi connectivity index (χ2v) is 14.7. The van der Waals surface area contributed by atoms with Crippen LogP contribution in [0.2, 0.25) is 0 Å². The van der Waals surface area contributed by atoms with E-state index in [1.807, 2.05) is 0 Å². The molecule has 0 fully saturated rings. The number of carboxylic acids is 8. The molecule has 0 aliphatic rings. The molecule has 362 valence electrons. The van der Waals surface area contributed by atoms with Crippen molar-refractivity contribution in [1.29, 1.82) is 0 Å². The van der Waals surface area contributed by atoms with Crippen molar-refractivity contribution >= 4 is 71.4 Å². The second-order valence-electron chi connectivity index (χ2n) is 14.7. The molecule has 0 aliphatic heterocycles. The summed E-state index contributed by atoms with van der Waals surface area (Å²) in [6, 6.07) is 1.76. The SMILES string of the molecule is CC(COC(C)CNC(=O)c1cc(C(=O)NC(C)COC(C)CNC(=O)c2cc(C(=O)O)c(C(=O)O)cc2C(=O)O)c(C(=O)O)cc1C(=O)O)NC(=O)c1cc(C(=O)O)c(C(=O)O)cc1C(=O)O. The van der Waals surface area contributed by atoms with E-state index < -0.39 is 162 Å². The van der Waals surface area contributed by atoms with Crippen LogP contribution in [0.25, 0.3) is 0 Å². The normalized spacial score (nSPS) is 12.5. The standard InChI is InChI=1S/C42H42N4O22/c1-15(13-67-18(4)12-44-32(48)20-6-27(39(59)60)29(41(63)64)9-24(20)36(53)54)45-33(49)21-5-19(23(35(51)52)8-25(21)37(55)56)31(47)43-11-17(3)68-14-16(2)46-34(50)22-7-28(40(61)62)30(42(65)66)10-26(22)38(57)58/h5-10,15-18H,11-14H2,1-4H3,(H,43,47)(H,44,48)(H,45,49)(H,46,50)(H,51,52)(H,53,54)(H,55,56)(H,57,58)(H,59,60)(H,61,62)(H,63,64)(H,65,66). The molecule has 4 amide bonds. The smallest absolute Gasteiger partial charge is 0.336 e. The van der Waals surface area contributed by atoms with Crippen molar-refractivity contribution in [2.24, 2.45) is 0 Å². The van der Waals surface area contributed by atoms with Crippen LogP contribution in [0.3, 0.4) is 0 Å². The van der Waals surface area contributed by atoms with Crippen molar-refractivity contribution in [1.82, 2.24) is 21.3 Å². The van der Waals surface area contributed by atoms with Crippen LogP contribution >= 0.6 is 0 Å². The van der Waals surface area contributed by atoms with Crippen LogP contribution in [0.1, 0.15) is 152 Å². The van der Waals surface area contributed by atoms with Crippen LogP contribution in [0.5, 0.6) is 0 Å². The number of carboxylic acid groups (broad SMARTS) is 8. The summed E-state index contributed by atoms with van der Waals surface area (Å²) in [5, 5.41) is 85.7. The summed E-state index contributed by atoms with van der Waals surface area (Å²) in [4.78, 5) is 146. The molecule has 68 heavy (non-hydrogen) atoms. The molecule has 12 N–H and O–H groups in total. The summed E-state index contributed by atoms with van der Waals surface area (Å²) in [6.07, 6.45) is -1.76. The van der Waals surface area contributed by atoms with Gasteiger partial charge in [-0.25, -0.2) is 38.4 Å². The monoisotopic (exact) mass is 954 g/mol. The second kappa shape index (κ2) is 22.9. The highest BCUT2D eigenvalue weighted by atomic mass is 16.5. The Balaban J connectivity index is 1.66. The lowest BCUT2D eigenvalue weighted by Crippen LogP contribution is -2.40. The summed E-state index contributed by atoms with van der Waals surface area (Å²) < 4.78 is 11.2. The number of benzene rings is 3. The number of hydrogen-bond donors (Lipinski definition) is 12. The fourth-order valence-electron chi connectivity index (χ4n) is 6.05.